The van der Waals surface area contributed by atoms with Crippen molar-refractivity contribution < 1.29 is 13.9 Å². The first-order valence-electron chi connectivity index (χ1n) is 10.2. The molecule has 2 fully saturated rings. The lowest BCUT2D eigenvalue weighted by molar-refractivity contribution is -0.143. The van der Waals surface area contributed by atoms with Gasteiger partial charge in [0.1, 0.15) is 5.82 Å². The number of amides is 1. The molecule has 4 rings (SSSR count). The van der Waals surface area contributed by atoms with Gasteiger partial charge in [-0.1, -0.05) is 24.3 Å². The number of benzene rings is 1. The average Bonchev–Trinajstić information content (AvgIpc) is 2.75. The number of rotatable bonds is 4. The van der Waals surface area contributed by atoms with E-state index in [1.165, 1.54) is 6.07 Å². The summed E-state index contributed by atoms with van der Waals surface area (Å²) < 4.78 is 20.2. The highest BCUT2D eigenvalue weighted by Crippen LogP contribution is 2.39. The molecular formula is C23H27FN2O2. The van der Waals surface area contributed by atoms with Crippen LogP contribution in [0, 0.1) is 11.7 Å². The van der Waals surface area contributed by atoms with Crippen molar-refractivity contribution in [2.24, 2.45) is 5.92 Å². The Morgan fingerprint density at radius 3 is 2.71 bits per heavy atom. The molecule has 0 unspecified atom stereocenters. The van der Waals surface area contributed by atoms with Crippen LogP contribution in [0.4, 0.5) is 4.39 Å². The number of halogens is 1. The number of piperidine rings is 1. The van der Waals surface area contributed by atoms with Gasteiger partial charge in [0.25, 0.3) is 0 Å². The van der Waals surface area contributed by atoms with Crippen molar-refractivity contribution >= 4 is 5.91 Å². The van der Waals surface area contributed by atoms with Crippen molar-refractivity contribution in [3.8, 4) is 0 Å². The molecule has 2 saturated heterocycles. The molecule has 2 aliphatic rings. The first-order chi connectivity index (χ1) is 13.7. The minimum absolute atomic E-state index is 0.0617. The Morgan fingerprint density at radius 1 is 1.18 bits per heavy atom. The number of hydrogen-bond donors (Lipinski definition) is 0. The van der Waals surface area contributed by atoms with E-state index >= 15 is 0 Å². The zero-order chi connectivity index (χ0) is 19.4. The summed E-state index contributed by atoms with van der Waals surface area (Å²) in [7, 11) is 0. The Morgan fingerprint density at radius 2 is 1.96 bits per heavy atom. The molecule has 0 radical (unpaired) electrons. The third-order valence-electron chi connectivity index (χ3n) is 6.18. The number of carbonyl (C=O) groups is 1. The fraction of sp³-hybridized carbons (Fsp3) is 0.478. The van der Waals surface area contributed by atoms with Crippen LogP contribution in [0.15, 0.2) is 48.7 Å². The minimum atomic E-state index is -0.809. The van der Waals surface area contributed by atoms with Crippen LogP contribution in [0.3, 0.4) is 0 Å². The third-order valence-corrected chi connectivity index (χ3v) is 6.18. The molecule has 4 nitrogen and oxygen atoms in total. The molecule has 1 aromatic carbocycles. The van der Waals surface area contributed by atoms with E-state index in [2.05, 4.69) is 4.98 Å². The Hall–Kier alpha value is -2.27. The second kappa shape index (κ2) is 8.39. The molecule has 3 heterocycles. The molecule has 1 atom stereocenters. The van der Waals surface area contributed by atoms with Crippen LogP contribution in [-0.2, 0) is 21.4 Å². The summed E-state index contributed by atoms with van der Waals surface area (Å²) in [5.41, 5.74) is 0.781. The fourth-order valence-corrected chi connectivity index (χ4v) is 4.70. The molecule has 0 spiro atoms. The summed E-state index contributed by atoms with van der Waals surface area (Å²) in [6.45, 7) is 2.44. The largest absolute Gasteiger partial charge is 0.381 e. The molecule has 2 aromatic rings. The van der Waals surface area contributed by atoms with Crippen LogP contribution in [-0.4, -0.2) is 42.1 Å². The molecule has 0 bridgehead atoms. The number of carbonyl (C=O) groups excluding carboxylic acids is 1. The Bertz CT molecular complexity index is 805. The topological polar surface area (TPSA) is 42.4 Å². The number of nitrogens with zero attached hydrogens (tertiary/aromatic N) is 2. The molecular weight excluding hydrogens is 355 g/mol. The van der Waals surface area contributed by atoms with Gasteiger partial charge in [-0.3, -0.25) is 9.78 Å². The summed E-state index contributed by atoms with van der Waals surface area (Å²) >= 11 is 0. The second-order valence-corrected chi connectivity index (χ2v) is 7.96. The van der Waals surface area contributed by atoms with Gasteiger partial charge in [0.05, 0.1) is 5.41 Å². The van der Waals surface area contributed by atoms with E-state index in [9.17, 15) is 9.18 Å². The van der Waals surface area contributed by atoms with E-state index in [0.29, 0.717) is 44.1 Å². The van der Waals surface area contributed by atoms with Crippen molar-refractivity contribution in [1.82, 2.24) is 9.88 Å². The van der Waals surface area contributed by atoms with E-state index in [4.69, 9.17) is 4.74 Å². The van der Waals surface area contributed by atoms with Crippen molar-refractivity contribution in [3.63, 3.8) is 0 Å². The second-order valence-electron chi connectivity index (χ2n) is 7.96. The normalized spacial score (nSPS) is 22.0. The number of hydrogen-bond acceptors (Lipinski definition) is 3. The highest BCUT2D eigenvalue weighted by atomic mass is 19.1. The standard InChI is InChI=1S/C23H27FN2O2/c24-21-9-2-1-8-20(21)23(10-14-28-15-11-23)22(27)26-13-5-6-18(17-26)16-19-7-3-4-12-25-19/h1-4,7-9,12,18H,5-6,10-11,13-17H2/t18-/m0/s1. The number of aromatic nitrogens is 1. The van der Waals surface area contributed by atoms with Crippen molar-refractivity contribution in [1.29, 1.82) is 0 Å². The molecule has 28 heavy (non-hydrogen) atoms. The summed E-state index contributed by atoms with van der Waals surface area (Å²) in [5, 5.41) is 0. The van der Waals surface area contributed by atoms with Crippen molar-refractivity contribution in [3.05, 3.63) is 65.7 Å². The number of likely N-dealkylation sites (tertiary alicyclic amines) is 1. The molecule has 5 heteroatoms. The van der Waals surface area contributed by atoms with E-state index in [0.717, 1.165) is 31.5 Å². The maximum atomic E-state index is 14.7. The van der Waals surface area contributed by atoms with Crippen LogP contribution < -0.4 is 0 Å². The number of pyridine rings is 1. The molecule has 0 aliphatic carbocycles. The third kappa shape index (κ3) is 3.81. The van der Waals surface area contributed by atoms with E-state index in [1.807, 2.05) is 35.4 Å². The van der Waals surface area contributed by atoms with Crippen LogP contribution in [0.2, 0.25) is 0 Å². The lowest BCUT2D eigenvalue weighted by Gasteiger charge is -2.43. The molecule has 0 N–H and O–H groups in total. The van der Waals surface area contributed by atoms with E-state index < -0.39 is 5.41 Å². The summed E-state index contributed by atoms with van der Waals surface area (Å²) in [6.07, 6.45) is 5.84. The van der Waals surface area contributed by atoms with Gasteiger partial charge in [0.2, 0.25) is 5.91 Å². The van der Waals surface area contributed by atoms with Crippen LogP contribution in [0.1, 0.15) is 36.9 Å². The zero-order valence-corrected chi connectivity index (χ0v) is 16.1. The van der Waals surface area contributed by atoms with Gasteiger partial charge in [0, 0.05) is 43.8 Å². The molecule has 0 saturated carbocycles. The molecule has 1 aromatic heterocycles. The van der Waals surface area contributed by atoms with Gasteiger partial charge in [-0.15, -0.1) is 0 Å². The maximum absolute atomic E-state index is 14.7. The fourth-order valence-electron chi connectivity index (χ4n) is 4.70. The van der Waals surface area contributed by atoms with E-state index in [-0.39, 0.29) is 11.7 Å². The van der Waals surface area contributed by atoms with Gasteiger partial charge in [0.15, 0.2) is 0 Å². The highest BCUT2D eigenvalue weighted by Gasteiger charge is 2.46. The monoisotopic (exact) mass is 382 g/mol. The molecule has 2 aliphatic heterocycles. The predicted molar refractivity (Wildman–Crippen MR) is 105 cm³/mol. The van der Waals surface area contributed by atoms with Gasteiger partial charge in [-0.05, 0) is 56.2 Å². The first-order valence-corrected chi connectivity index (χ1v) is 10.2. The number of ether oxygens (including phenoxy) is 1. The van der Waals surface area contributed by atoms with Gasteiger partial charge >= 0.3 is 0 Å². The molecule has 148 valence electrons. The van der Waals surface area contributed by atoms with Crippen molar-refractivity contribution in [2.45, 2.75) is 37.5 Å². The van der Waals surface area contributed by atoms with Gasteiger partial charge < -0.3 is 9.64 Å². The lowest BCUT2D eigenvalue weighted by Crippen LogP contribution is -2.53. The zero-order valence-electron chi connectivity index (χ0n) is 16.1. The first kappa shape index (κ1) is 19.1. The Balaban J connectivity index is 1.56. The van der Waals surface area contributed by atoms with Crippen molar-refractivity contribution in [2.75, 3.05) is 26.3 Å². The van der Waals surface area contributed by atoms with E-state index in [1.54, 1.807) is 12.1 Å². The van der Waals surface area contributed by atoms with Gasteiger partial charge in [-0.2, -0.15) is 0 Å². The minimum Gasteiger partial charge on any atom is -0.381 e. The maximum Gasteiger partial charge on any atom is 0.233 e. The molecule has 1 amide bonds. The Kier molecular flexibility index (Phi) is 5.72. The predicted octanol–water partition coefficient (Wildman–Crippen LogP) is 3.75. The van der Waals surface area contributed by atoms with Gasteiger partial charge in [-0.25, -0.2) is 4.39 Å². The highest BCUT2D eigenvalue weighted by molar-refractivity contribution is 5.88. The van der Waals surface area contributed by atoms with Crippen LogP contribution in [0.25, 0.3) is 0 Å². The summed E-state index contributed by atoms with van der Waals surface area (Å²) in [5.74, 6) is 0.163. The quantitative estimate of drug-likeness (QED) is 0.809. The lowest BCUT2D eigenvalue weighted by atomic mass is 9.72. The Labute approximate surface area is 165 Å². The van der Waals surface area contributed by atoms with Crippen LogP contribution in [0.5, 0.6) is 0 Å². The smallest absolute Gasteiger partial charge is 0.233 e. The SMILES string of the molecule is O=C(N1CCC[C@@H](Cc2ccccn2)C1)C1(c2ccccc2F)CCOCC1. The average molecular weight is 382 g/mol. The summed E-state index contributed by atoms with van der Waals surface area (Å²) in [4.78, 5) is 20.1. The van der Waals surface area contributed by atoms with Crippen LogP contribution >= 0.6 is 0 Å². The summed E-state index contributed by atoms with van der Waals surface area (Å²) in [6, 6.07) is 12.7.